The average molecular weight is 344 g/mol. The molecule has 25 heavy (non-hydrogen) atoms. The Labute approximate surface area is 144 Å². The van der Waals surface area contributed by atoms with Gasteiger partial charge in [0.15, 0.2) is 5.78 Å². The third-order valence-electron chi connectivity index (χ3n) is 3.60. The number of unbranched alkanes of at least 4 members (excludes halogenated alkanes) is 1. The van der Waals surface area contributed by atoms with Crippen molar-refractivity contribution in [3.63, 3.8) is 0 Å². The second-order valence-corrected chi connectivity index (χ2v) is 5.64. The number of Topliss-reactive ketones (excluding diaryl/α,β-unsaturated/α-hetero) is 1. The van der Waals surface area contributed by atoms with E-state index in [1.165, 1.54) is 11.6 Å². The van der Waals surface area contributed by atoms with Crippen LogP contribution >= 0.6 is 0 Å². The fourth-order valence-corrected chi connectivity index (χ4v) is 2.47. The van der Waals surface area contributed by atoms with Crippen molar-refractivity contribution >= 4 is 28.6 Å². The highest BCUT2D eigenvalue weighted by Gasteiger charge is 2.17. The fourth-order valence-electron chi connectivity index (χ4n) is 2.47. The summed E-state index contributed by atoms with van der Waals surface area (Å²) in [5.41, 5.74) is 1.39. The first kappa shape index (κ1) is 18.4. The zero-order chi connectivity index (χ0) is 18.4. The maximum Gasteiger partial charge on any atom is 0.325 e. The van der Waals surface area contributed by atoms with Gasteiger partial charge in [0.1, 0.15) is 12.2 Å². The largest absolute Gasteiger partial charge is 0.480 e. The molecule has 0 aliphatic heterocycles. The lowest BCUT2D eigenvalue weighted by Gasteiger charge is -2.05. The zero-order valence-corrected chi connectivity index (χ0v) is 14.0. The molecule has 1 N–H and O–H groups in total. The first-order valence-electron chi connectivity index (χ1n) is 7.91. The molecule has 2 rings (SSSR count). The number of rotatable bonds is 9. The molecule has 0 spiro atoms. The van der Waals surface area contributed by atoms with E-state index >= 15 is 0 Å². The van der Waals surface area contributed by atoms with Gasteiger partial charge in [-0.15, -0.1) is 6.58 Å². The number of fused-ring (bicyclic) bond motifs is 1. The van der Waals surface area contributed by atoms with Crippen LogP contribution in [0.1, 0.15) is 35.8 Å². The van der Waals surface area contributed by atoms with Crippen LogP contribution in [-0.4, -0.2) is 39.2 Å². The minimum absolute atomic E-state index is 0.0671. The Balaban J connectivity index is 2.22. The number of carbonyl (C=O) groups is 3. The predicted molar refractivity (Wildman–Crippen MR) is 91.5 cm³/mol. The molecular weight excluding hydrogens is 324 g/mol. The molecule has 0 unspecified atom stereocenters. The molecular formula is C18H20N2O5. The maximum atomic E-state index is 11.9. The highest BCUT2D eigenvalue weighted by Crippen LogP contribution is 2.21. The zero-order valence-electron chi connectivity index (χ0n) is 14.0. The van der Waals surface area contributed by atoms with Crippen LogP contribution < -0.4 is 0 Å². The Kier molecular flexibility index (Phi) is 6.05. The van der Waals surface area contributed by atoms with Gasteiger partial charge in [-0.2, -0.15) is 5.10 Å². The number of benzene rings is 1. The van der Waals surface area contributed by atoms with Crippen LogP contribution in [0.5, 0.6) is 0 Å². The maximum absolute atomic E-state index is 11.9. The van der Waals surface area contributed by atoms with E-state index in [1.54, 1.807) is 24.3 Å². The normalized spacial score (nSPS) is 10.6. The lowest BCUT2D eigenvalue weighted by Crippen LogP contribution is -2.11. The van der Waals surface area contributed by atoms with Gasteiger partial charge in [-0.25, -0.2) is 0 Å². The molecule has 0 fully saturated rings. The van der Waals surface area contributed by atoms with Gasteiger partial charge in [0.2, 0.25) is 0 Å². The molecule has 7 heteroatoms. The van der Waals surface area contributed by atoms with Gasteiger partial charge < -0.3 is 9.84 Å². The lowest BCUT2D eigenvalue weighted by molar-refractivity contribution is -0.143. The number of hydrogen-bond acceptors (Lipinski definition) is 5. The number of nitrogens with zero attached hydrogens (tertiary/aromatic N) is 2. The molecule has 0 amide bonds. The van der Waals surface area contributed by atoms with E-state index in [2.05, 4.69) is 11.7 Å². The Morgan fingerprint density at radius 1 is 1.36 bits per heavy atom. The summed E-state index contributed by atoms with van der Waals surface area (Å²) in [6.07, 6.45) is 3.33. The highest BCUT2D eigenvalue weighted by molar-refractivity contribution is 6.05. The Morgan fingerprint density at radius 3 is 2.76 bits per heavy atom. The second kappa shape index (κ2) is 8.23. The molecule has 0 radical (unpaired) electrons. The van der Waals surface area contributed by atoms with Crippen LogP contribution in [0.4, 0.5) is 0 Å². The average Bonchev–Trinajstić information content (AvgIpc) is 2.89. The molecule has 0 saturated heterocycles. The Bertz CT molecular complexity index is 822. The van der Waals surface area contributed by atoms with Gasteiger partial charge in [-0.1, -0.05) is 18.2 Å². The van der Waals surface area contributed by atoms with Crippen molar-refractivity contribution in [2.75, 3.05) is 6.61 Å². The van der Waals surface area contributed by atoms with Crippen molar-refractivity contribution in [3.05, 3.63) is 42.1 Å². The predicted octanol–water partition coefficient (Wildman–Crippen LogP) is 2.38. The Morgan fingerprint density at radius 2 is 2.12 bits per heavy atom. The number of hydrogen-bond donors (Lipinski definition) is 1. The fraction of sp³-hybridized carbons (Fsp3) is 0.333. The molecule has 7 nitrogen and oxygen atoms in total. The summed E-state index contributed by atoms with van der Waals surface area (Å²) in [4.78, 5) is 34.6. The third kappa shape index (κ3) is 4.76. The van der Waals surface area contributed by atoms with Gasteiger partial charge >= 0.3 is 11.9 Å². The van der Waals surface area contributed by atoms with E-state index < -0.39 is 5.97 Å². The molecule has 1 heterocycles. The third-order valence-corrected chi connectivity index (χ3v) is 3.60. The van der Waals surface area contributed by atoms with Crippen molar-refractivity contribution in [3.8, 4) is 0 Å². The van der Waals surface area contributed by atoms with Crippen LogP contribution in [0.15, 0.2) is 30.9 Å². The first-order valence-corrected chi connectivity index (χ1v) is 7.91. The van der Waals surface area contributed by atoms with E-state index in [4.69, 9.17) is 9.84 Å². The van der Waals surface area contributed by atoms with Gasteiger partial charge in [0.25, 0.3) is 0 Å². The van der Waals surface area contributed by atoms with E-state index in [0.717, 1.165) is 12.8 Å². The van der Waals surface area contributed by atoms with Gasteiger partial charge in [0, 0.05) is 12.3 Å². The quantitative estimate of drug-likeness (QED) is 0.324. The van der Waals surface area contributed by atoms with E-state index in [1.807, 2.05) is 0 Å². The Hall–Kier alpha value is -2.96. The van der Waals surface area contributed by atoms with E-state index in [-0.39, 0.29) is 30.4 Å². The standard InChI is InChI=1S/C18H20N2O5/c1-3-4-5-8-25-17(24)10-13-6-7-14-15(9-13)20(11-16(22)23)19-18(14)12(2)21/h3,6-7,9H,1,4-5,8,10-11H2,2H3,(H,22,23). The number of aromatic nitrogens is 2. The number of esters is 1. The van der Waals surface area contributed by atoms with Crippen molar-refractivity contribution in [2.45, 2.75) is 32.7 Å². The van der Waals surface area contributed by atoms with Crippen molar-refractivity contribution in [2.24, 2.45) is 0 Å². The smallest absolute Gasteiger partial charge is 0.325 e. The summed E-state index contributed by atoms with van der Waals surface area (Å²) < 4.78 is 6.40. The number of aliphatic carboxylic acids is 1. The molecule has 132 valence electrons. The van der Waals surface area contributed by atoms with Crippen LogP contribution in [-0.2, 0) is 27.3 Å². The number of allylic oxidation sites excluding steroid dienone is 1. The first-order chi connectivity index (χ1) is 11.9. The van der Waals surface area contributed by atoms with Gasteiger partial charge in [-0.3, -0.25) is 19.1 Å². The highest BCUT2D eigenvalue weighted by atomic mass is 16.5. The van der Waals surface area contributed by atoms with Crippen LogP contribution in [0.25, 0.3) is 10.9 Å². The topological polar surface area (TPSA) is 98.5 Å². The van der Waals surface area contributed by atoms with E-state index in [0.29, 0.717) is 23.1 Å². The van der Waals surface area contributed by atoms with Crippen molar-refractivity contribution in [1.82, 2.24) is 9.78 Å². The monoisotopic (exact) mass is 344 g/mol. The molecule has 0 aliphatic carbocycles. The van der Waals surface area contributed by atoms with Crippen LogP contribution in [0.2, 0.25) is 0 Å². The summed E-state index contributed by atoms with van der Waals surface area (Å²) >= 11 is 0. The van der Waals surface area contributed by atoms with Gasteiger partial charge in [-0.05, 0) is 24.5 Å². The minimum Gasteiger partial charge on any atom is -0.480 e. The number of ketones is 1. The van der Waals surface area contributed by atoms with Gasteiger partial charge in [0.05, 0.1) is 18.5 Å². The summed E-state index contributed by atoms with van der Waals surface area (Å²) in [7, 11) is 0. The van der Waals surface area contributed by atoms with Crippen molar-refractivity contribution < 1.29 is 24.2 Å². The molecule has 0 atom stereocenters. The van der Waals surface area contributed by atoms with Crippen molar-refractivity contribution in [1.29, 1.82) is 0 Å². The molecule has 0 saturated carbocycles. The lowest BCUT2D eigenvalue weighted by atomic mass is 10.1. The van der Waals surface area contributed by atoms with E-state index in [9.17, 15) is 14.4 Å². The molecule has 0 aliphatic rings. The summed E-state index contributed by atoms with van der Waals surface area (Å²) in [5, 5.41) is 13.6. The number of carboxylic acids is 1. The van der Waals surface area contributed by atoms with Crippen LogP contribution in [0, 0.1) is 0 Å². The number of carbonyl (C=O) groups excluding carboxylic acids is 2. The number of carboxylic acid groups (broad SMARTS) is 1. The SMILES string of the molecule is C=CCCCOC(=O)Cc1ccc2c(C(C)=O)nn(CC(=O)O)c2c1. The molecule has 1 aromatic heterocycles. The summed E-state index contributed by atoms with van der Waals surface area (Å²) in [6.45, 7) is 4.95. The number of ether oxygens (including phenoxy) is 1. The van der Waals surface area contributed by atoms with Crippen LogP contribution in [0.3, 0.4) is 0 Å². The second-order valence-electron chi connectivity index (χ2n) is 5.64. The summed E-state index contributed by atoms with van der Waals surface area (Å²) in [5.74, 6) is -1.67. The molecule has 2 aromatic rings. The molecule has 0 bridgehead atoms. The summed E-state index contributed by atoms with van der Waals surface area (Å²) in [6, 6.07) is 5.06. The molecule has 1 aromatic carbocycles. The minimum atomic E-state index is -1.06.